The third kappa shape index (κ3) is 3.68. The Morgan fingerprint density at radius 1 is 1.21 bits per heavy atom. The maximum atomic E-state index is 13.8. The lowest BCUT2D eigenvalue weighted by molar-refractivity contribution is -0.149. The number of pyridine rings is 1. The number of aromatic nitrogens is 1. The van der Waals surface area contributed by atoms with Crippen LogP contribution in [0.5, 0.6) is 5.75 Å². The second-order valence-electron chi connectivity index (χ2n) is 8.75. The minimum atomic E-state index is -0.983. The first-order chi connectivity index (χ1) is 15.8. The van der Waals surface area contributed by atoms with Crippen molar-refractivity contribution in [2.75, 3.05) is 6.61 Å². The van der Waals surface area contributed by atoms with Gasteiger partial charge in [-0.3, -0.25) is 14.4 Å². The van der Waals surface area contributed by atoms with Crippen LogP contribution in [-0.4, -0.2) is 45.3 Å². The monoisotopic (exact) mass is 459 g/mol. The van der Waals surface area contributed by atoms with Crippen LogP contribution < -0.4 is 10.7 Å². The van der Waals surface area contributed by atoms with Gasteiger partial charge in [-0.1, -0.05) is 18.9 Å². The van der Waals surface area contributed by atoms with Gasteiger partial charge in [0.1, 0.15) is 17.2 Å². The maximum Gasteiger partial charge on any atom is 0.276 e. The number of carbonyl (C=O) groups excluding carboxylic acids is 2. The molecule has 0 radical (unpaired) electrons. The Bertz CT molecular complexity index is 1200. The maximum absolute atomic E-state index is 13.8. The third-order valence-electron chi connectivity index (χ3n) is 6.78. The zero-order chi connectivity index (χ0) is 23.3. The fourth-order valence-electron chi connectivity index (χ4n) is 5.11. The minimum absolute atomic E-state index is 0.00170. The van der Waals surface area contributed by atoms with Crippen LogP contribution in [0.3, 0.4) is 0 Å². The van der Waals surface area contributed by atoms with Crippen LogP contribution in [0.2, 0.25) is 0 Å². The van der Waals surface area contributed by atoms with E-state index in [1.54, 1.807) is 4.90 Å². The first-order valence-electron chi connectivity index (χ1n) is 11.0. The Morgan fingerprint density at radius 2 is 2.00 bits per heavy atom. The summed E-state index contributed by atoms with van der Waals surface area (Å²) in [5.41, 5.74) is -1.49. The molecule has 2 amide bonds. The van der Waals surface area contributed by atoms with Gasteiger partial charge in [0.05, 0.1) is 13.2 Å². The lowest BCUT2D eigenvalue weighted by atomic mass is 9.82. The van der Waals surface area contributed by atoms with E-state index >= 15 is 0 Å². The van der Waals surface area contributed by atoms with Crippen molar-refractivity contribution in [2.45, 2.75) is 51.0 Å². The van der Waals surface area contributed by atoms with Crippen LogP contribution in [0.4, 0.5) is 8.78 Å². The van der Waals surface area contributed by atoms with Crippen LogP contribution in [-0.2, 0) is 17.8 Å². The summed E-state index contributed by atoms with van der Waals surface area (Å²) in [6.07, 6.45) is 4.58. The lowest BCUT2D eigenvalue weighted by Crippen LogP contribution is -2.61. The van der Waals surface area contributed by atoms with E-state index in [1.807, 2.05) is 0 Å². The molecule has 3 atom stereocenters. The van der Waals surface area contributed by atoms with Gasteiger partial charge in [-0.05, 0) is 18.9 Å². The van der Waals surface area contributed by atoms with E-state index in [4.69, 9.17) is 4.74 Å². The van der Waals surface area contributed by atoms with Gasteiger partial charge in [0.15, 0.2) is 17.7 Å². The van der Waals surface area contributed by atoms with Gasteiger partial charge in [-0.2, -0.15) is 0 Å². The quantitative estimate of drug-likeness (QED) is 0.733. The Balaban J connectivity index is 1.42. The van der Waals surface area contributed by atoms with Gasteiger partial charge in [0, 0.05) is 36.3 Å². The van der Waals surface area contributed by atoms with Crippen molar-refractivity contribution < 1.29 is 28.2 Å². The van der Waals surface area contributed by atoms with Crippen molar-refractivity contribution in [3.63, 3.8) is 0 Å². The predicted molar refractivity (Wildman–Crippen MR) is 112 cm³/mol. The number of halogens is 2. The zero-order valence-corrected chi connectivity index (χ0v) is 17.7. The first kappa shape index (κ1) is 21.6. The molecule has 2 fully saturated rings. The Morgan fingerprint density at radius 3 is 2.79 bits per heavy atom. The molecule has 3 aliphatic rings. The van der Waals surface area contributed by atoms with Gasteiger partial charge < -0.3 is 24.6 Å². The molecule has 1 aromatic heterocycles. The number of benzene rings is 1. The lowest BCUT2D eigenvalue weighted by Gasteiger charge is -2.50. The molecule has 1 saturated heterocycles. The Kier molecular flexibility index (Phi) is 5.40. The third-order valence-corrected chi connectivity index (χ3v) is 6.78. The molecule has 3 unspecified atom stereocenters. The van der Waals surface area contributed by atoms with Crippen molar-refractivity contribution in [2.24, 2.45) is 5.92 Å². The topological polar surface area (TPSA) is 101 Å². The highest BCUT2D eigenvalue weighted by molar-refractivity contribution is 5.99. The number of carbonyl (C=O) groups is 2. The number of nitrogens with one attached hydrogen (secondary N) is 1. The molecular weight excluding hydrogens is 436 g/mol. The fraction of sp³-hybridized carbons (Fsp3) is 0.435. The van der Waals surface area contributed by atoms with Gasteiger partial charge in [-0.15, -0.1) is 0 Å². The Hall–Kier alpha value is -3.27. The van der Waals surface area contributed by atoms with E-state index in [0.717, 1.165) is 31.7 Å². The van der Waals surface area contributed by atoms with Crippen LogP contribution in [0.1, 0.15) is 52.1 Å². The number of aromatic hydroxyl groups is 1. The summed E-state index contributed by atoms with van der Waals surface area (Å²) in [7, 11) is 0. The number of fused-ring (bicyclic) bond motifs is 4. The molecule has 8 nitrogen and oxygen atoms in total. The van der Waals surface area contributed by atoms with E-state index in [1.165, 1.54) is 16.8 Å². The van der Waals surface area contributed by atoms with Crippen molar-refractivity contribution >= 4 is 11.8 Å². The number of nitrogens with zero attached hydrogens (tertiary/aromatic N) is 2. The van der Waals surface area contributed by atoms with E-state index in [2.05, 4.69) is 5.32 Å². The summed E-state index contributed by atoms with van der Waals surface area (Å²) in [5, 5.41) is 13.0. The van der Waals surface area contributed by atoms with Crippen LogP contribution >= 0.6 is 0 Å². The normalized spacial score (nSPS) is 24.0. The molecule has 1 saturated carbocycles. The molecule has 33 heavy (non-hydrogen) atoms. The molecule has 0 bridgehead atoms. The largest absolute Gasteiger partial charge is 0.503 e. The number of rotatable bonds is 3. The molecule has 174 valence electrons. The van der Waals surface area contributed by atoms with Gasteiger partial charge in [0.2, 0.25) is 5.43 Å². The molecule has 2 N–H and O–H groups in total. The van der Waals surface area contributed by atoms with Gasteiger partial charge in [0.25, 0.3) is 11.8 Å². The Labute approximate surface area is 187 Å². The highest BCUT2D eigenvalue weighted by Crippen LogP contribution is 2.38. The van der Waals surface area contributed by atoms with E-state index < -0.39 is 40.9 Å². The average molecular weight is 459 g/mol. The summed E-state index contributed by atoms with van der Waals surface area (Å²) in [5.74, 6) is -3.47. The SMILES string of the molecule is O=C(NCc1ccc(F)cc1F)c1cn2c(c(O)c1=O)C(=O)N1C(C2)OCC2CCCCC21. The van der Waals surface area contributed by atoms with Crippen molar-refractivity contribution in [1.29, 1.82) is 0 Å². The molecular formula is C23H23F2N3O5. The molecule has 3 heterocycles. The van der Waals surface area contributed by atoms with E-state index in [9.17, 15) is 28.3 Å². The molecule has 2 aromatic rings. The molecule has 2 aliphatic heterocycles. The zero-order valence-electron chi connectivity index (χ0n) is 17.7. The van der Waals surface area contributed by atoms with Crippen LogP contribution in [0.15, 0.2) is 29.2 Å². The highest BCUT2D eigenvalue weighted by Gasteiger charge is 2.46. The average Bonchev–Trinajstić information content (AvgIpc) is 2.80. The molecule has 0 spiro atoms. The molecule has 10 heteroatoms. The summed E-state index contributed by atoms with van der Waals surface area (Å²) in [6, 6.07) is 2.94. The standard InChI is InChI=1S/C23H23F2N3O5/c24-14-6-5-12(16(25)7-14)8-26-22(31)15-9-27-10-18-28(23(32)19(27)21(30)20(15)29)17-4-2-1-3-13(17)11-33-18/h5-7,9,13,17-18,30H,1-4,8,10-11H2,(H,26,31). The van der Waals surface area contributed by atoms with Gasteiger partial charge in [-0.25, -0.2) is 8.78 Å². The molecule has 5 rings (SSSR count). The first-order valence-corrected chi connectivity index (χ1v) is 11.0. The smallest absolute Gasteiger partial charge is 0.276 e. The van der Waals surface area contributed by atoms with Crippen molar-refractivity contribution in [3.8, 4) is 5.75 Å². The van der Waals surface area contributed by atoms with Crippen LogP contribution in [0.25, 0.3) is 0 Å². The molecule has 1 aromatic carbocycles. The van der Waals surface area contributed by atoms with Crippen LogP contribution in [0, 0.1) is 17.6 Å². The highest BCUT2D eigenvalue weighted by atomic mass is 19.1. The fourth-order valence-corrected chi connectivity index (χ4v) is 5.11. The van der Waals surface area contributed by atoms with E-state index in [0.29, 0.717) is 12.7 Å². The van der Waals surface area contributed by atoms with Crippen molar-refractivity contribution in [3.05, 3.63) is 63.1 Å². The summed E-state index contributed by atoms with van der Waals surface area (Å²) in [4.78, 5) is 40.3. The number of hydrogen-bond acceptors (Lipinski definition) is 5. The molecule has 1 aliphatic carbocycles. The number of ether oxygens (including phenoxy) is 1. The summed E-state index contributed by atoms with van der Waals surface area (Å²) >= 11 is 0. The van der Waals surface area contributed by atoms with E-state index in [-0.39, 0.29) is 41.9 Å². The van der Waals surface area contributed by atoms with Gasteiger partial charge >= 0.3 is 0 Å². The second kappa shape index (κ2) is 8.26. The second-order valence-corrected chi connectivity index (χ2v) is 8.75. The van der Waals surface area contributed by atoms with Crippen molar-refractivity contribution in [1.82, 2.24) is 14.8 Å². The minimum Gasteiger partial charge on any atom is -0.503 e. The number of amides is 2. The predicted octanol–water partition coefficient (Wildman–Crippen LogP) is 2.13. The summed E-state index contributed by atoms with van der Waals surface area (Å²) < 4.78 is 34.2. The number of hydrogen-bond donors (Lipinski definition) is 2. The summed E-state index contributed by atoms with van der Waals surface area (Å²) in [6.45, 7) is 0.427.